The van der Waals surface area contributed by atoms with Crippen LogP contribution in [0.15, 0.2) is 24.3 Å². The molecule has 6 heteroatoms. The van der Waals surface area contributed by atoms with Gasteiger partial charge in [0, 0.05) is 43.2 Å². The summed E-state index contributed by atoms with van der Waals surface area (Å²) in [7, 11) is 0. The fraction of sp³-hybridized carbons (Fsp3) is 0.625. The molecule has 0 spiro atoms. The lowest BCUT2D eigenvalue weighted by Gasteiger charge is -2.27. The first-order valence-corrected chi connectivity index (χ1v) is 11.6. The largest absolute Gasteiger partial charge is 0.349 e. The second-order valence-electron chi connectivity index (χ2n) is 9.53. The van der Waals surface area contributed by atoms with Crippen molar-refractivity contribution in [1.29, 1.82) is 0 Å². The molecule has 5 rings (SSSR count). The molecule has 1 aromatic rings. The summed E-state index contributed by atoms with van der Waals surface area (Å²) in [4.78, 5) is 42.0. The van der Waals surface area contributed by atoms with Crippen LogP contribution in [-0.4, -0.2) is 52.2 Å². The van der Waals surface area contributed by atoms with Gasteiger partial charge in [-0.25, -0.2) is 0 Å². The van der Waals surface area contributed by atoms with Crippen LogP contribution in [0.1, 0.15) is 73.7 Å². The fourth-order valence-corrected chi connectivity index (χ4v) is 4.93. The molecule has 4 fully saturated rings. The minimum atomic E-state index is -0.206. The van der Waals surface area contributed by atoms with Crippen molar-refractivity contribution >= 4 is 17.7 Å². The van der Waals surface area contributed by atoms with Crippen LogP contribution < -0.4 is 5.32 Å². The molecule has 0 aromatic heterocycles. The van der Waals surface area contributed by atoms with Gasteiger partial charge < -0.3 is 15.1 Å². The Morgan fingerprint density at radius 3 is 2.33 bits per heavy atom. The standard InChI is InChI=1S/C24H31N3O3/c28-22-13-18(15-26(22)20-3-1-2-4-20)24(30)27(21-11-12-21)14-16-5-7-17(8-6-16)23(29)25-19-9-10-19/h5-8,18-21H,1-4,9-15H2,(H,25,29). The smallest absolute Gasteiger partial charge is 0.251 e. The number of hydrogen-bond acceptors (Lipinski definition) is 3. The van der Waals surface area contributed by atoms with Crippen LogP contribution in [0.3, 0.4) is 0 Å². The number of likely N-dealkylation sites (tertiary alicyclic amines) is 1. The minimum Gasteiger partial charge on any atom is -0.349 e. The molecule has 3 aliphatic carbocycles. The molecule has 1 unspecified atom stereocenters. The molecular weight excluding hydrogens is 378 g/mol. The average molecular weight is 410 g/mol. The summed E-state index contributed by atoms with van der Waals surface area (Å²) in [6.07, 6.45) is 9.14. The summed E-state index contributed by atoms with van der Waals surface area (Å²) >= 11 is 0. The maximum absolute atomic E-state index is 13.3. The lowest BCUT2D eigenvalue weighted by Crippen LogP contribution is -2.40. The molecule has 1 heterocycles. The normalized spacial score (nSPS) is 24.3. The topological polar surface area (TPSA) is 69.7 Å². The highest BCUT2D eigenvalue weighted by Gasteiger charge is 2.43. The molecular formula is C24H31N3O3. The molecule has 4 aliphatic rings. The molecule has 3 amide bonds. The van der Waals surface area contributed by atoms with Crippen LogP contribution in [0, 0.1) is 5.92 Å². The fourth-order valence-electron chi connectivity index (χ4n) is 4.93. The van der Waals surface area contributed by atoms with E-state index >= 15 is 0 Å². The van der Waals surface area contributed by atoms with E-state index in [0.29, 0.717) is 43.2 Å². The van der Waals surface area contributed by atoms with E-state index in [0.717, 1.165) is 44.1 Å². The summed E-state index contributed by atoms with van der Waals surface area (Å²) in [5, 5.41) is 3.01. The predicted octanol–water partition coefficient (Wildman–Crippen LogP) is 2.86. The highest BCUT2D eigenvalue weighted by Crippen LogP contribution is 2.34. The molecule has 1 atom stereocenters. The van der Waals surface area contributed by atoms with E-state index < -0.39 is 0 Å². The summed E-state index contributed by atoms with van der Waals surface area (Å²) in [5.41, 5.74) is 1.71. The van der Waals surface area contributed by atoms with Crippen molar-refractivity contribution in [1.82, 2.24) is 15.1 Å². The van der Waals surface area contributed by atoms with Gasteiger partial charge in [-0.05, 0) is 56.2 Å². The Bertz CT molecular complexity index is 823. The number of benzene rings is 1. The van der Waals surface area contributed by atoms with Crippen molar-refractivity contribution in [2.75, 3.05) is 6.54 Å². The van der Waals surface area contributed by atoms with Gasteiger partial charge in [0.05, 0.1) is 5.92 Å². The van der Waals surface area contributed by atoms with Crippen molar-refractivity contribution in [3.8, 4) is 0 Å². The van der Waals surface area contributed by atoms with Crippen molar-refractivity contribution in [3.05, 3.63) is 35.4 Å². The van der Waals surface area contributed by atoms with Crippen molar-refractivity contribution in [2.45, 2.75) is 82.5 Å². The monoisotopic (exact) mass is 409 g/mol. The number of carbonyl (C=O) groups is 3. The third-order valence-electron chi connectivity index (χ3n) is 7.03. The summed E-state index contributed by atoms with van der Waals surface area (Å²) in [5.74, 6) is 0.0573. The Morgan fingerprint density at radius 1 is 1.00 bits per heavy atom. The predicted molar refractivity (Wildman–Crippen MR) is 113 cm³/mol. The number of nitrogens with one attached hydrogen (secondary N) is 1. The first kappa shape index (κ1) is 19.6. The van der Waals surface area contributed by atoms with Crippen LogP contribution in [0.2, 0.25) is 0 Å². The Hall–Kier alpha value is -2.37. The Morgan fingerprint density at radius 2 is 1.70 bits per heavy atom. The van der Waals surface area contributed by atoms with Gasteiger partial charge in [-0.3, -0.25) is 14.4 Å². The van der Waals surface area contributed by atoms with Crippen LogP contribution in [0.25, 0.3) is 0 Å². The molecule has 3 saturated carbocycles. The van der Waals surface area contributed by atoms with E-state index in [9.17, 15) is 14.4 Å². The van der Waals surface area contributed by atoms with Crippen molar-refractivity contribution < 1.29 is 14.4 Å². The molecule has 1 aromatic carbocycles. The van der Waals surface area contributed by atoms with E-state index in [1.54, 1.807) is 0 Å². The molecule has 1 N–H and O–H groups in total. The highest BCUT2D eigenvalue weighted by molar-refractivity contribution is 5.94. The van der Waals surface area contributed by atoms with Gasteiger partial charge in [-0.1, -0.05) is 25.0 Å². The zero-order chi connectivity index (χ0) is 20.7. The van der Waals surface area contributed by atoms with Gasteiger partial charge in [0.25, 0.3) is 5.91 Å². The van der Waals surface area contributed by atoms with E-state index in [1.807, 2.05) is 34.1 Å². The molecule has 6 nitrogen and oxygen atoms in total. The SMILES string of the molecule is O=C(NC1CC1)c1ccc(CN(C(=O)C2CC(=O)N(C3CCCC3)C2)C2CC2)cc1. The first-order chi connectivity index (χ1) is 14.6. The van der Waals surface area contributed by atoms with E-state index in [2.05, 4.69) is 5.32 Å². The molecule has 0 bridgehead atoms. The summed E-state index contributed by atoms with van der Waals surface area (Å²) in [6, 6.07) is 8.60. The molecule has 30 heavy (non-hydrogen) atoms. The highest BCUT2D eigenvalue weighted by atomic mass is 16.2. The lowest BCUT2D eigenvalue weighted by molar-refractivity contribution is -0.137. The Labute approximate surface area is 178 Å². The molecule has 160 valence electrons. The minimum absolute atomic E-state index is 0.0179. The summed E-state index contributed by atoms with van der Waals surface area (Å²) < 4.78 is 0. The van der Waals surface area contributed by atoms with Crippen LogP contribution >= 0.6 is 0 Å². The summed E-state index contributed by atoms with van der Waals surface area (Å²) in [6.45, 7) is 1.15. The third kappa shape index (κ3) is 4.23. The van der Waals surface area contributed by atoms with E-state index in [1.165, 1.54) is 12.8 Å². The van der Waals surface area contributed by atoms with Crippen LogP contribution in [0.5, 0.6) is 0 Å². The van der Waals surface area contributed by atoms with Gasteiger partial charge >= 0.3 is 0 Å². The number of carbonyl (C=O) groups excluding carboxylic acids is 3. The molecule has 1 saturated heterocycles. The van der Waals surface area contributed by atoms with Gasteiger partial charge in [0.2, 0.25) is 11.8 Å². The Balaban J connectivity index is 1.22. The van der Waals surface area contributed by atoms with Crippen molar-refractivity contribution in [3.63, 3.8) is 0 Å². The molecule has 1 aliphatic heterocycles. The van der Waals surface area contributed by atoms with Gasteiger partial charge in [-0.15, -0.1) is 0 Å². The second-order valence-corrected chi connectivity index (χ2v) is 9.53. The van der Waals surface area contributed by atoms with Crippen molar-refractivity contribution in [2.24, 2.45) is 5.92 Å². The second kappa shape index (κ2) is 8.05. The maximum Gasteiger partial charge on any atom is 0.251 e. The van der Waals surface area contributed by atoms with Gasteiger partial charge in [-0.2, -0.15) is 0 Å². The number of hydrogen-bond donors (Lipinski definition) is 1. The van der Waals surface area contributed by atoms with Crippen LogP contribution in [0.4, 0.5) is 0 Å². The zero-order valence-electron chi connectivity index (χ0n) is 17.5. The quantitative estimate of drug-likeness (QED) is 0.753. The Kier molecular flexibility index (Phi) is 5.25. The maximum atomic E-state index is 13.3. The zero-order valence-corrected chi connectivity index (χ0v) is 17.5. The average Bonchev–Trinajstić information content (AvgIpc) is 3.66. The number of nitrogens with zero attached hydrogens (tertiary/aromatic N) is 2. The van der Waals surface area contributed by atoms with Gasteiger partial charge in [0.15, 0.2) is 0 Å². The third-order valence-corrected chi connectivity index (χ3v) is 7.03. The number of amides is 3. The van der Waals surface area contributed by atoms with E-state index in [4.69, 9.17) is 0 Å². The lowest BCUT2D eigenvalue weighted by atomic mass is 10.1. The first-order valence-electron chi connectivity index (χ1n) is 11.6. The van der Waals surface area contributed by atoms with E-state index in [-0.39, 0.29) is 23.6 Å². The van der Waals surface area contributed by atoms with Gasteiger partial charge in [0.1, 0.15) is 0 Å². The molecule has 0 radical (unpaired) electrons. The number of rotatable bonds is 7. The van der Waals surface area contributed by atoms with Crippen LogP contribution in [-0.2, 0) is 16.1 Å².